The fraction of sp³-hybridized carbons (Fsp3) is 0.423. The van der Waals surface area contributed by atoms with Crippen LogP contribution in [0.15, 0.2) is 66.5 Å². The maximum atomic E-state index is 5.92. The van der Waals surface area contributed by atoms with Crippen LogP contribution in [0.1, 0.15) is 47.7 Å². The summed E-state index contributed by atoms with van der Waals surface area (Å²) in [5.41, 5.74) is 12.5. The van der Waals surface area contributed by atoms with Gasteiger partial charge in [0.05, 0.1) is 23.9 Å². The van der Waals surface area contributed by atoms with Crippen LogP contribution in [0.5, 0.6) is 0 Å². The molecule has 5 rings (SSSR count). The third-order valence-corrected chi connectivity index (χ3v) is 7.07. The zero-order chi connectivity index (χ0) is 21.2. The first-order valence-corrected chi connectivity index (χ1v) is 11.5. The van der Waals surface area contributed by atoms with E-state index in [0.29, 0.717) is 24.8 Å². The van der Waals surface area contributed by atoms with Crippen LogP contribution in [0.3, 0.4) is 0 Å². The Labute approximate surface area is 185 Å². The van der Waals surface area contributed by atoms with Crippen molar-refractivity contribution in [2.75, 3.05) is 13.6 Å². The molecule has 0 amide bonds. The second-order valence-corrected chi connectivity index (χ2v) is 9.04. The monoisotopic (exact) mass is 415 g/mol. The molecule has 3 unspecified atom stereocenters. The van der Waals surface area contributed by atoms with Crippen LogP contribution in [0.4, 0.5) is 0 Å². The van der Waals surface area contributed by atoms with Crippen molar-refractivity contribution in [1.82, 2.24) is 20.1 Å². The number of benzene rings is 1. The number of nitrogens with one attached hydrogen (secondary N) is 1. The maximum Gasteiger partial charge on any atom is 0.0925 e. The molecule has 1 saturated heterocycles. The predicted octanol–water partition coefficient (Wildman–Crippen LogP) is 3.49. The summed E-state index contributed by atoms with van der Waals surface area (Å²) in [5, 5.41) is 3.80. The minimum Gasteiger partial charge on any atom is -0.371 e. The summed E-state index contributed by atoms with van der Waals surface area (Å²) in [6.07, 6.45) is 13.5. The van der Waals surface area contributed by atoms with E-state index >= 15 is 0 Å². The van der Waals surface area contributed by atoms with Crippen molar-refractivity contribution in [2.45, 2.75) is 57.0 Å². The Bertz CT molecular complexity index is 981. The first-order chi connectivity index (χ1) is 15.2. The molecule has 1 aromatic carbocycles. The van der Waals surface area contributed by atoms with E-state index < -0.39 is 0 Å². The van der Waals surface area contributed by atoms with Gasteiger partial charge in [-0.2, -0.15) is 0 Å². The van der Waals surface area contributed by atoms with Gasteiger partial charge in [-0.1, -0.05) is 42.5 Å². The van der Waals surface area contributed by atoms with E-state index in [1.165, 1.54) is 34.5 Å². The molecule has 5 heteroatoms. The van der Waals surface area contributed by atoms with E-state index in [0.717, 1.165) is 32.4 Å². The average molecular weight is 416 g/mol. The molecule has 0 bridgehead atoms. The summed E-state index contributed by atoms with van der Waals surface area (Å²) >= 11 is 0. The highest BCUT2D eigenvalue weighted by Gasteiger charge is 2.37. The molecule has 1 aliphatic heterocycles. The van der Waals surface area contributed by atoms with Crippen molar-refractivity contribution >= 4 is 0 Å². The van der Waals surface area contributed by atoms with Crippen molar-refractivity contribution in [1.29, 1.82) is 0 Å². The lowest BCUT2D eigenvalue weighted by atomic mass is 9.90. The summed E-state index contributed by atoms with van der Waals surface area (Å²) in [6.45, 7) is 2.44. The Balaban J connectivity index is 1.43. The van der Waals surface area contributed by atoms with Crippen LogP contribution < -0.4 is 11.1 Å². The lowest BCUT2D eigenvalue weighted by Crippen LogP contribution is -2.46. The number of aryl methyl sites for hydroxylation is 1. The topological polar surface area (TPSA) is 57.4 Å². The van der Waals surface area contributed by atoms with Crippen molar-refractivity contribution < 1.29 is 0 Å². The van der Waals surface area contributed by atoms with Gasteiger partial charge in [-0.3, -0.25) is 14.8 Å². The average Bonchev–Trinajstić information content (AvgIpc) is 3.14. The number of hydrogen-bond acceptors (Lipinski definition) is 5. The lowest BCUT2D eigenvalue weighted by Gasteiger charge is -2.38. The number of allylic oxidation sites excluding steroid dienone is 2. The molecule has 31 heavy (non-hydrogen) atoms. The number of hydrogen-bond donors (Lipinski definition) is 2. The molecule has 1 aromatic heterocycles. The first kappa shape index (κ1) is 20.4. The van der Waals surface area contributed by atoms with Gasteiger partial charge in [0, 0.05) is 31.5 Å². The molecule has 3 aliphatic rings. The van der Waals surface area contributed by atoms with Crippen molar-refractivity contribution in [3.8, 4) is 0 Å². The van der Waals surface area contributed by atoms with Gasteiger partial charge < -0.3 is 11.1 Å². The normalized spacial score (nSPS) is 25.1. The van der Waals surface area contributed by atoms with Gasteiger partial charge in [0.25, 0.3) is 0 Å². The zero-order valence-electron chi connectivity index (χ0n) is 18.4. The summed E-state index contributed by atoms with van der Waals surface area (Å²) < 4.78 is 0. The van der Waals surface area contributed by atoms with Crippen LogP contribution in [-0.2, 0) is 19.5 Å². The zero-order valence-corrected chi connectivity index (χ0v) is 18.4. The molecular formula is C26H33N5. The Morgan fingerprint density at radius 2 is 2.13 bits per heavy atom. The molecule has 3 N–H and O–H groups in total. The molecule has 2 heterocycles. The van der Waals surface area contributed by atoms with Crippen LogP contribution in [0.25, 0.3) is 0 Å². The summed E-state index contributed by atoms with van der Waals surface area (Å²) in [7, 11) is 2.25. The van der Waals surface area contributed by atoms with E-state index in [1.54, 1.807) is 0 Å². The Kier molecular flexibility index (Phi) is 5.90. The quantitative estimate of drug-likeness (QED) is 0.756. The number of nitrogens with zero attached hydrogens (tertiary/aromatic N) is 3. The van der Waals surface area contributed by atoms with Gasteiger partial charge in [-0.05, 0) is 61.6 Å². The Morgan fingerprint density at radius 1 is 1.23 bits per heavy atom. The minimum absolute atomic E-state index is 0.294. The first-order valence-electron chi connectivity index (χ1n) is 11.5. The van der Waals surface area contributed by atoms with Crippen LogP contribution in [0, 0.1) is 0 Å². The molecule has 3 atom stereocenters. The number of aromatic nitrogens is 1. The van der Waals surface area contributed by atoms with E-state index in [4.69, 9.17) is 10.7 Å². The van der Waals surface area contributed by atoms with Crippen LogP contribution >= 0.6 is 0 Å². The molecule has 0 radical (unpaired) electrons. The van der Waals surface area contributed by atoms with Gasteiger partial charge in [0.15, 0.2) is 0 Å². The lowest BCUT2D eigenvalue weighted by molar-refractivity contribution is 0.107. The van der Waals surface area contributed by atoms with Crippen LogP contribution in [-0.4, -0.2) is 40.6 Å². The van der Waals surface area contributed by atoms with Crippen LogP contribution in [0.2, 0.25) is 0 Å². The predicted molar refractivity (Wildman–Crippen MR) is 125 cm³/mol. The number of pyridine rings is 1. The van der Waals surface area contributed by atoms with Crippen molar-refractivity contribution in [3.63, 3.8) is 0 Å². The number of rotatable bonds is 6. The molecule has 5 nitrogen and oxygen atoms in total. The van der Waals surface area contributed by atoms with Crippen molar-refractivity contribution in [3.05, 3.63) is 88.9 Å². The molecule has 0 spiro atoms. The second-order valence-electron chi connectivity index (χ2n) is 9.04. The van der Waals surface area contributed by atoms with Gasteiger partial charge >= 0.3 is 0 Å². The van der Waals surface area contributed by atoms with E-state index in [-0.39, 0.29) is 0 Å². The fourth-order valence-corrected chi connectivity index (χ4v) is 5.39. The third-order valence-electron chi connectivity index (χ3n) is 7.07. The fourth-order valence-electron chi connectivity index (χ4n) is 5.39. The highest BCUT2D eigenvalue weighted by atomic mass is 15.4. The van der Waals surface area contributed by atoms with E-state index in [9.17, 15) is 0 Å². The highest BCUT2D eigenvalue weighted by molar-refractivity contribution is 5.29. The smallest absolute Gasteiger partial charge is 0.0925 e. The standard InChI is InChI=1S/C26H33N5/c1-30-23-12-3-2-11-22(23)29-25(30)18-31(17-20-8-4-7-19(15-20)16-27)24-13-5-9-21-10-6-14-28-26(21)24/h2-4,6-8,10-11,14-15,23-25,29H,5,9,12-13,16-18,27H2,1H3. The number of nitrogens with two attached hydrogens (primary N) is 1. The Hall–Kier alpha value is -2.47. The largest absolute Gasteiger partial charge is 0.371 e. The number of fused-ring (bicyclic) bond motifs is 2. The maximum absolute atomic E-state index is 5.92. The van der Waals surface area contributed by atoms with Gasteiger partial charge in [-0.15, -0.1) is 0 Å². The molecule has 162 valence electrons. The summed E-state index contributed by atoms with van der Waals surface area (Å²) in [6, 6.07) is 13.9. The molecule has 0 saturated carbocycles. The molecule has 2 aliphatic carbocycles. The van der Waals surface area contributed by atoms with Gasteiger partial charge in [0.2, 0.25) is 0 Å². The minimum atomic E-state index is 0.294. The second kappa shape index (κ2) is 8.95. The highest BCUT2D eigenvalue weighted by Crippen LogP contribution is 2.35. The van der Waals surface area contributed by atoms with E-state index in [2.05, 4.69) is 76.8 Å². The molecular weight excluding hydrogens is 382 g/mol. The number of likely N-dealkylation sites (N-methyl/N-ethyl adjacent to an activating group) is 1. The third kappa shape index (κ3) is 4.18. The van der Waals surface area contributed by atoms with E-state index in [1.807, 2.05) is 6.20 Å². The summed E-state index contributed by atoms with van der Waals surface area (Å²) in [5.74, 6) is 0. The molecule has 2 aromatic rings. The van der Waals surface area contributed by atoms with Gasteiger partial charge in [-0.25, -0.2) is 0 Å². The van der Waals surface area contributed by atoms with Crippen molar-refractivity contribution in [2.24, 2.45) is 5.73 Å². The Morgan fingerprint density at radius 3 is 3.00 bits per heavy atom. The SMILES string of the molecule is CN1C(CN(Cc2cccc(CN)c2)C2CCCc3cccnc32)NC2=CC=CCC21. The summed E-state index contributed by atoms with van der Waals surface area (Å²) in [4.78, 5) is 9.99. The van der Waals surface area contributed by atoms with Gasteiger partial charge in [0.1, 0.15) is 0 Å². The molecule has 1 fully saturated rings.